The molecule has 0 bridgehead atoms. The number of hydrogen-bond donors (Lipinski definition) is 2. The van der Waals surface area contributed by atoms with Gasteiger partial charge in [0.1, 0.15) is 0 Å². The van der Waals surface area contributed by atoms with E-state index in [1.54, 1.807) is 32.3 Å². The van der Waals surface area contributed by atoms with Crippen LogP contribution in [-0.4, -0.2) is 21.8 Å². The summed E-state index contributed by atoms with van der Waals surface area (Å²) in [5.41, 5.74) is 2.20. The van der Waals surface area contributed by atoms with Crippen LogP contribution in [0.4, 0.5) is 5.13 Å². The topological polar surface area (TPSA) is 74.6 Å². The van der Waals surface area contributed by atoms with E-state index in [0.717, 1.165) is 0 Å². The number of carboxylic acid groups (broad SMARTS) is 1. The lowest BCUT2D eigenvalue weighted by Crippen LogP contribution is -2.29. The van der Waals surface area contributed by atoms with Crippen LogP contribution in [0.3, 0.4) is 0 Å². The molecule has 0 aliphatic heterocycles. The maximum absolute atomic E-state index is 10.9. The van der Waals surface area contributed by atoms with E-state index in [1.165, 1.54) is 11.3 Å². The van der Waals surface area contributed by atoms with Gasteiger partial charge in [-0.15, -0.1) is 11.3 Å². The number of aromatic nitrogens is 1. The molecule has 5 nitrogen and oxygen atoms in total. The summed E-state index contributed by atoms with van der Waals surface area (Å²) in [5, 5.41) is 15.2. The van der Waals surface area contributed by atoms with E-state index in [-0.39, 0.29) is 5.71 Å². The van der Waals surface area contributed by atoms with Gasteiger partial charge in [0.2, 0.25) is 5.13 Å². The lowest BCUT2D eigenvalue weighted by atomic mass is 9.90. The number of aliphatic carboxylic acids is 1. The molecular formula is C9H13N3O2S. The van der Waals surface area contributed by atoms with Crippen LogP contribution in [0.1, 0.15) is 20.8 Å². The number of anilines is 1. The molecule has 0 saturated heterocycles. The molecule has 0 fully saturated rings. The van der Waals surface area contributed by atoms with E-state index in [0.29, 0.717) is 5.13 Å². The highest BCUT2D eigenvalue weighted by Crippen LogP contribution is 2.17. The van der Waals surface area contributed by atoms with Crippen molar-refractivity contribution in [3.05, 3.63) is 11.6 Å². The van der Waals surface area contributed by atoms with E-state index < -0.39 is 11.4 Å². The van der Waals surface area contributed by atoms with Crippen molar-refractivity contribution < 1.29 is 9.90 Å². The molecule has 0 aliphatic rings. The van der Waals surface area contributed by atoms with Crippen molar-refractivity contribution in [1.29, 1.82) is 0 Å². The highest BCUT2D eigenvalue weighted by molar-refractivity contribution is 7.13. The maximum Gasteiger partial charge on any atom is 0.352 e. The number of rotatable bonds is 3. The summed E-state index contributed by atoms with van der Waals surface area (Å²) in [6.45, 7) is 5.39. The normalized spacial score (nSPS) is 12.6. The Morgan fingerprint density at radius 2 is 2.27 bits per heavy atom. The molecule has 0 unspecified atom stereocenters. The molecule has 0 aromatic carbocycles. The largest absolute Gasteiger partial charge is 0.477 e. The number of hydrogen-bond acceptors (Lipinski definition) is 5. The van der Waals surface area contributed by atoms with Gasteiger partial charge in [0.05, 0.1) is 0 Å². The summed E-state index contributed by atoms with van der Waals surface area (Å²) in [5.74, 6) is -1.02. The minimum absolute atomic E-state index is 0.0812. The smallest absolute Gasteiger partial charge is 0.352 e. The average molecular weight is 227 g/mol. The molecule has 6 heteroatoms. The SMILES string of the molecule is CC(C)(C)/C(=N/Nc1nccs1)C(=O)O. The van der Waals surface area contributed by atoms with Crippen molar-refractivity contribution >= 4 is 28.1 Å². The van der Waals surface area contributed by atoms with Crippen molar-refractivity contribution in [2.75, 3.05) is 5.43 Å². The van der Waals surface area contributed by atoms with Gasteiger partial charge in [-0.2, -0.15) is 5.10 Å². The molecule has 15 heavy (non-hydrogen) atoms. The lowest BCUT2D eigenvalue weighted by molar-refractivity contribution is -0.129. The van der Waals surface area contributed by atoms with Gasteiger partial charge in [0.15, 0.2) is 5.71 Å². The van der Waals surface area contributed by atoms with Crippen molar-refractivity contribution in [2.24, 2.45) is 10.5 Å². The fraction of sp³-hybridized carbons (Fsp3) is 0.444. The van der Waals surface area contributed by atoms with E-state index in [4.69, 9.17) is 5.11 Å². The van der Waals surface area contributed by atoms with Crippen LogP contribution >= 0.6 is 11.3 Å². The average Bonchev–Trinajstić information content (AvgIpc) is 2.53. The molecule has 2 N–H and O–H groups in total. The summed E-state index contributed by atoms with van der Waals surface area (Å²) in [6, 6.07) is 0. The predicted octanol–water partition coefficient (Wildman–Crippen LogP) is 2.04. The Bertz CT molecular complexity index is 365. The van der Waals surface area contributed by atoms with Gasteiger partial charge < -0.3 is 5.11 Å². The first-order valence-electron chi connectivity index (χ1n) is 4.38. The lowest BCUT2D eigenvalue weighted by Gasteiger charge is -2.17. The highest BCUT2D eigenvalue weighted by atomic mass is 32.1. The van der Waals surface area contributed by atoms with Crippen LogP contribution in [0.25, 0.3) is 0 Å². The molecule has 1 aromatic rings. The van der Waals surface area contributed by atoms with E-state index in [1.807, 2.05) is 0 Å². The first kappa shape index (κ1) is 11.6. The second kappa shape index (κ2) is 4.39. The Kier molecular flexibility index (Phi) is 3.41. The highest BCUT2D eigenvalue weighted by Gasteiger charge is 2.25. The Morgan fingerprint density at radius 3 is 2.67 bits per heavy atom. The molecule has 0 aliphatic carbocycles. The molecule has 1 rings (SSSR count). The fourth-order valence-electron chi connectivity index (χ4n) is 0.919. The van der Waals surface area contributed by atoms with Gasteiger partial charge in [0.25, 0.3) is 0 Å². The number of carbonyl (C=O) groups is 1. The molecule has 0 radical (unpaired) electrons. The molecule has 0 atom stereocenters. The van der Waals surface area contributed by atoms with Gasteiger partial charge in [-0.05, 0) is 0 Å². The number of carboxylic acids is 1. The zero-order chi connectivity index (χ0) is 11.5. The van der Waals surface area contributed by atoms with Crippen molar-refractivity contribution in [1.82, 2.24) is 4.98 Å². The summed E-state index contributed by atoms with van der Waals surface area (Å²) in [7, 11) is 0. The van der Waals surface area contributed by atoms with E-state index in [9.17, 15) is 4.79 Å². The van der Waals surface area contributed by atoms with E-state index in [2.05, 4.69) is 15.5 Å². The molecule has 1 heterocycles. The van der Waals surface area contributed by atoms with Crippen LogP contribution in [0, 0.1) is 5.41 Å². The van der Waals surface area contributed by atoms with Crippen LogP contribution in [-0.2, 0) is 4.79 Å². The number of nitrogens with zero attached hydrogens (tertiary/aromatic N) is 2. The van der Waals surface area contributed by atoms with Gasteiger partial charge >= 0.3 is 5.97 Å². The number of thiazole rings is 1. The summed E-state index contributed by atoms with van der Waals surface area (Å²) in [6.07, 6.45) is 1.63. The number of hydrazone groups is 1. The summed E-state index contributed by atoms with van der Waals surface area (Å²) in [4.78, 5) is 14.9. The molecule has 0 spiro atoms. The Balaban J connectivity index is 2.82. The molecule has 0 amide bonds. The third-order valence-electron chi connectivity index (χ3n) is 1.61. The minimum Gasteiger partial charge on any atom is -0.477 e. The summed E-state index contributed by atoms with van der Waals surface area (Å²) < 4.78 is 0. The van der Waals surface area contributed by atoms with Crippen LogP contribution < -0.4 is 5.43 Å². The van der Waals surface area contributed by atoms with E-state index >= 15 is 0 Å². The molecular weight excluding hydrogens is 214 g/mol. The first-order chi connectivity index (χ1) is 6.91. The number of nitrogens with one attached hydrogen (secondary N) is 1. The second-order valence-electron chi connectivity index (χ2n) is 3.96. The monoisotopic (exact) mass is 227 g/mol. The summed E-state index contributed by atoms with van der Waals surface area (Å²) >= 11 is 1.37. The van der Waals surface area contributed by atoms with Gasteiger partial charge in [-0.1, -0.05) is 20.8 Å². The minimum atomic E-state index is -1.02. The van der Waals surface area contributed by atoms with Crippen molar-refractivity contribution in [3.8, 4) is 0 Å². The Morgan fingerprint density at radius 1 is 1.60 bits per heavy atom. The predicted molar refractivity (Wildman–Crippen MR) is 60.3 cm³/mol. The van der Waals surface area contributed by atoms with Crippen molar-refractivity contribution in [3.63, 3.8) is 0 Å². The van der Waals surface area contributed by atoms with Gasteiger partial charge in [-0.3, -0.25) is 5.43 Å². The second-order valence-corrected chi connectivity index (χ2v) is 4.86. The fourth-order valence-corrected chi connectivity index (χ4v) is 1.39. The zero-order valence-corrected chi connectivity index (χ0v) is 9.63. The first-order valence-corrected chi connectivity index (χ1v) is 5.26. The quantitative estimate of drug-likeness (QED) is 0.612. The van der Waals surface area contributed by atoms with Crippen molar-refractivity contribution in [2.45, 2.75) is 20.8 Å². The Labute approximate surface area is 91.9 Å². The van der Waals surface area contributed by atoms with Crippen LogP contribution in [0.5, 0.6) is 0 Å². The van der Waals surface area contributed by atoms with Gasteiger partial charge in [0, 0.05) is 17.0 Å². The maximum atomic E-state index is 10.9. The molecule has 0 saturated carbocycles. The Hall–Kier alpha value is -1.43. The third-order valence-corrected chi connectivity index (χ3v) is 2.29. The van der Waals surface area contributed by atoms with Gasteiger partial charge in [-0.25, -0.2) is 9.78 Å². The van der Waals surface area contributed by atoms with Crippen LogP contribution in [0.15, 0.2) is 16.7 Å². The standard InChI is InChI=1S/C9H13N3O2S/c1-9(2,3)6(7(13)14)11-12-8-10-4-5-15-8/h4-5H,1-3H3,(H,10,12)(H,13,14)/b11-6+. The molecule has 1 aromatic heterocycles. The van der Waals surface area contributed by atoms with Crippen LogP contribution in [0.2, 0.25) is 0 Å². The molecule has 82 valence electrons. The zero-order valence-electron chi connectivity index (χ0n) is 8.81. The third kappa shape index (κ3) is 3.32.